The summed E-state index contributed by atoms with van der Waals surface area (Å²) in [6.45, 7) is 3.31. The van der Waals surface area contributed by atoms with E-state index < -0.39 is 18.2 Å². The maximum atomic E-state index is 13.2. The summed E-state index contributed by atoms with van der Waals surface area (Å²) < 4.78 is 12.1. The van der Waals surface area contributed by atoms with E-state index in [1.165, 1.54) is 12.1 Å². The number of aromatic nitrogens is 2. The molecule has 10 heteroatoms. The van der Waals surface area contributed by atoms with Crippen LogP contribution in [0.3, 0.4) is 0 Å². The third kappa shape index (κ3) is 7.82. The third-order valence-electron chi connectivity index (χ3n) is 9.91. The smallest absolute Gasteiger partial charge is 0.408 e. The Morgan fingerprint density at radius 2 is 1.80 bits per heavy atom. The molecule has 0 saturated carbocycles. The number of piperidine rings is 3. The van der Waals surface area contributed by atoms with Gasteiger partial charge in [-0.15, -0.1) is 0 Å². The van der Waals surface area contributed by atoms with Crippen molar-refractivity contribution in [3.63, 3.8) is 0 Å². The van der Waals surface area contributed by atoms with Crippen molar-refractivity contribution < 1.29 is 24.5 Å². The first-order valence-corrected chi connectivity index (χ1v) is 17.3. The zero-order valence-corrected chi connectivity index (χ0v) is 27.8. The van der Waals surface area contributed by atoms with Gasteiger partial charge in [-0.05, 0) is 98.1 Å². The van der Waals surface area contributed by atoms with Gasteiger partial charge >= 0.3 is 6.09 Å². The van der Waals surface area contributed by atoms with E-state index >= 15 is 0 Å². The number of hydrogen-bond donors (Lipinski definition) is 4. The summed E-state index contributed by atoms with van der Waals surface area (Å²) in [7, 11) is 0. The molecule has 0 aliphatic carbocycles. The number of ether oxygens (including phenoxy) is 2. The van der Waals surface area contributed by atoms with E-state index in [1.54, 1.807) is 18.3 Å². The predicted molar refractivity (Wildman–Crippen MR) is 190 cm³/mol. The van der Waals surface area contributed by atoms with E-state index in [9.17, 15) is 19.8 Å². The highest BCUT2D eigenvalue weighted by Gasteiger charge is 2.37. The molecule has 3 fully saturated rings. The standard InChI is InChI=1S/C40H42N4O6/c45-34(32-14-16-35(46)39-33(32)15-17-37(47)42-39)11-5-9-30-13-12-26(23-41-30)25-49-31-10-4-8-29(22-31)38(28-6-2-1-3-7-28)43-40(48)50-36-24-44-20-18-27(36)19-21-44/h1-4,6-8,10,12-17,22-23,27,34,36,38,45-46H,5,9,11,18-21,24-25H2,(H,42,47)(H,43,48)/t34-,36-,38-/m0/s1. The first-order chi connectivity index (χ1) is 24.4. The Morgan fingerprint density at radius 3 is 2.56 bits per heavy atom. The lowest BCUT2D eigenvalue weighted by Crippen LogP contribution is -2.52. The van der Waals surface area contributed by atoms with Crippen LogP contribution in [0.1, 0.15) is 65.8 Å². The fourth-order valence-electron chi connectivity index (χ4n) is 7.16. The van der Waals surface area contributed by atoms with Crippen LogP contribution in [0.5, 0.6) is 11.5 Å². The number of aryl methyl sites for hydroxylation is 1. The number of carbonyl (C=O) groups is 1. The van der Waals surface area contributed by atoms with E-state index in [-0.39, 0.29) is 17.4 Å². The van der Waals surface area contributed by atoms with Crippen molar-refractivity contribution in [2.24, 2.45) is 5.92 Å². The van der Waals surface area contributed by atoms with Crippen LogP contribution in [-0.2, 0) is 17.8 Å². The topological polar surface area (TPSA) is 137 Å². The van der Waals surface area contributed by atoms with Gasteiger partial charge in [-0.2, -0.15) is 0 Å². The van der Waals surface area contributed by atoms with E-state index in [0.29, 0.717) is 54.0 Å². The Labute approximate surface area is 290 Å². The van der Waals surface area contributed by atoms with Gasteiger partial charge in [0.1, 0.15) is 24.2 Å². The number of nitrogens with one attached hydrogen (secondary N) is 2. The van der Waals surface area contributed by atoms with Crippen LogP contribution < -0.4 is 15.6 Å². The van der Waals surface area contributed by atoms with Crippen LogP contribution in [-0.4, -0.2) is 56.9 Å². The van der Waals surface area contributed by atoms with E-state index in [0.717, 1.165) is 54.9 Å². The molecule has 0 radical (unpaired) electrons. The summed E-state index contributed by atoms with van der Waals surface area (Å²) in [5, 5.41) is 24.8. The summed E-state index contributed by atoms with van der Waals surface area (Å²) in [6, 6.07) is 27.4. The quantitative estimate of drug-likeness (QED) is 0.123. The van der Waals surface area contributed by atoms with Crippen LogP contribution in [0.2, 0.25) is 0 Å². The number of aromatic amines is 1. The maximum Gasteiger partial charge on any atom is 0.408 e. The molecule has 8 rings (SSSR count). The largest absolute Gasteiger partial charge is 0.506 e. The van der Waals surface area contributed by atoms with E-state index in [2.05, 4.69) is 20.2 Å². The number of benzene rings is 3. The number of fused-ring (bicyclic) bond motifs is 4. The Hall–Kier alpha value is -5.19. The van der Waals surface area contributed by atoms with Gasteiger partial charge in [0.25, 0.3) is 0 Å². The van der Waals surface area contributed by atoms with Crippen LogP contribution in [0.4, 0.5) is 4.79 Å². The minimum Gasteiger partial charge on any atom is -0.506 e. The molecule has 0 unspecified atom stereocenters. The molecule has 4 N–H and O–H groups in total. The van der Waals surface area contributed by atoms with E-state index in [4.69, 9.17) is 9.47 Å². The molecular weight excluding hydrogens is 632 g/mol. The summed E-state index contributed by atoms with van der Waals surface area (Å²) in [6.07, 6.45) is 4.61. The van der Waals surface area contributed by atoms with Gasteiger partial charge in [-0.1, -0.05) is 54.6 Å². The van der Waals surface area contributed by atoms with Gasteiger partial charge in [0.15, 0.2) is 0 Å². The summed E-state index contributed by atoms with van der Waals surface area (Å²) in [5.74, 6) is 1.08. The molecule has 10 nitrogen and oxygen atoms in total. The highest BCUT2D eigenvalue weighted by molar-refractivity contribution is 5.87. The first-order valence-electron chi connectivity index (χ1n) is 17.3. The van der Waals surface area contributed by atoms with E-state index in [1.807, 2.05) is 66.7 Å². The second kappa shape index (κ2) is 15.1. The summed E-state index contributed by atoms with van der Waals surface area (Å²) in [4.78, 5) is 34.5. The molecule has 3 aliphatic heterocycles. The number of amides is 1. The molecule has 258 valence electrons. The second-order valence-corrected chi connectivity index (χ2v) is 13.3. The van der Waals surface area contributed by atoms with Gasteiger partial charge < -0.3 is 30.0 Å². The minimum atomic E-state index is -0.750. The Morgan fingerprint density at radius 1 is 0.980 bits per heavy atom. The number of phenolic OH excluding ortho intramolecular Hbond substituents is 1. The molecule has 5 heterocycles. The number of rotatable bonds is 12. The van der Waals surface area contributed by atoms with Crippen molar-refractivity contribution >= 4 is 17.0 Å². The number of nitrogens with zero attached hydrogens (tertiary/aromatic N) is 2. The number of aliphatic hydroxyl groups excluding tert-OH is 1. The highest BCUT2D eigenvalue weighted by Crippen LogP contribution is 2.32. The minimum absolute atomic E-state index is 0.0281. The van der Waals surface area contributed by atoms with Gasteiger partial charge in [-0.3, -0.25) is 14.7 Å². The molecule has 3 aliphatic rings. The van der Waals surface area contributed by atoms with Gasteiger partial charge in [0, 0.05) is 35.5 Å². The Bertz CT molecular complexity index is 1970. The number of hydrogen-bond acceptors (Lipinski definition) is 8. The monoisotopic (exact) mass is 674 g/mol. The number of aromatic hydroxyl groups is 1. The fraction of sp³-hybridized carbons (Fsp3) is 0.325. The molecular formula is C40H42N4O6. The van der Waals surface area contributed by atoms with Crippen molar-refractivity contribution in [3.8, 4) is 11.5 Å². The number of pyridine rings is 2. The van der Waals surface area contributed by atoms with Crippen molar-refractivity contribution in [1.29, 1.82) is 0 Å². The number of H-pyrrole nitrogens is 1. The molecule has 2 aromatic heterocycles. The number of phenols is 1. The molecule has 3 aromatic carbocycles. The molecule has 50 heavy (non-hydrogen) atoms. The van der Waals surface area contributed by atoms with Crippen LogP contribution in [0.15, 0.2) is 102 Å². The van der Waals surface area contributed by atoms with Gasteiger partial charge in [0.05, 0.1) is 17.7 Å². The number of aliphatic hydroxyl groups is 1. The molecule has 1 amide bonds. The lowest BCUT2D eigenvalue weighted by atomic mass is 9.86. The lowest BCUT2D eigenvalue weighted by molar-refractivity contribution is -0.0336. The lowest BCUT2D eigenvalue weighted by Gasteiger charge is -2.43. The zero-order valence-electron chi connectivity index (χ0n) is 27.8. The van der Waals surface area contributed by atoms with Crippen LogP contribution in [0.25, 0.3) is 10.9 Å². The van der Waals surface area contributed by atoms with Crippen molar-refractivity contribution in [2.45, 2.75) is 57.0 Å². The Kier molecular flexibility index (Phi) is 10.1. The second-order valence-electron chi connectivity index (χ2n) is 13.3. The first kappa shape index (κ1) is 33.3. The normalized spacial score (nSPS) is 19.5. The molecule has 3 saturated heterocycles. The Balaban J connectivity index is 0.939. The predicted octanol–water partition coefficient (Wildman–Crippen LogP) is 6.17. The molecule has 5 aromatic rings. The number of carbonyl (C=O) groups excluding carboxylic acids is 1. The molecule has 2 bridgehead atoms. The van der Waals surface area contributed by atoms with Gasteiger partial charge in [0.2, 0.25) is 5.56 Å². The molecule has 0 spiro atoms. The van der Waals surface area contributed by atoms with Crippen molar-refractivity contribution in [1.82, 2.24) is 20.2 Å². The third-order valence-corrected chi connectivity index (χ3v) is 9.91. The number of alkyl carbamates (subject to hydrolysis) is 1. The fourth-order valence-corrected chi connectivity index (χ4v) is 7.16. The maximum absolute atomic E-state index is 13.2. The zero-order chi connectivity index (χ0) is 34.5. The SMILES string of the molecule is O=C(N[C@@H](c1ccccc1)c1cccc(OCc2ccc(CCC[C@H](O)c3ccc(O)c4[nH]c(=O)ccc34)nc2)c1)O[C@H]1CN2CCC1CC2. The van der Waals surface area contributed by atoms with Crippen molar-refractivity contribution in [3.05, 3.63) is 135 Å². The summed E-state index contributed by atoms with van der Waals surface area (Å²) >= 11 is 0. The van der Waals surface area contributed by atoms with Crippen LogP contribution >= 0.6 is 0 Å². The van der Waals surface area contributed by atoms with Crippen LogP contribution in [0, 0.1) is 5.92 Å². The average Bonchev–Trinajstić information content (AvgIpc) is 3.15. The summed E-state index contributed by atoms with van der Waals surface area (Å²) in [5.41, 5.74) is 4.35. The highest BCUT2D eigenvalue weighted by atomic mass is 16.6. The van der Waals surface area contributed by atoms with Gasteiger partial charge in [-0.25, -0.2) is 4.79 Å². The van der Waals surface area contributed by atoms with Crippen molar-refractivity contribution in [2.75, 3.05) is 19.6 Å². The molecule has 3 atom stereocenters. The average molecular weight is 675 g/mol.